The SMILES string of the molecule is O=C1NC(=O)N(c2ccc(Br)cc2)C(=O)/C1=C/c1cc(Cl)cc(Cl)c1OCc1ccccc1F. The summed E-state index contributed by atoms with van der Waals surface area (Å²) in [6, 6.07) is 14.4. The van der Waals surface area contributed by atoms with Gasteiger partial charge in [0.05, 0.1) is 10.7 Å². The first-order valence-electron chi connectivity index (χ1n) is 9.77. The average molecular weight is 564 g/mol. The number of rotatable bonds is 5. The zero-order valence-electron chi connectivity index (χ0n) is 17.2. The van der Waals surface area contributed by atoms with E-state index in [0.717, 1.165) is 9.37 Å². The Kier molecular flexibility index (Phi) is 7.02. The molecule has 6 nitrogen and oxygen atoms in total. The van der Waals surface area contributed by atoms with E-state index >= 15 is 0 Å². The Balaban J connectivity index is 1.72. The highest BCUT2D eigenvalue weighted by molar-refractivity contribution is 9.10. The molecule has 1 fully saturated rings. The number of nitrogens with zero attached hydrogens (tertiary/aromatic N) is 1. The number of hydrogen-bond acceptors (Lipinski definition) is 4. The second-order valence-corrected chi connectivity index (χ2v) is 8.88. The lowest BCUT2D eigenvalue weighted by atomic mass is 10.1. The average Bonchev–Trinajstić information content (AvgIpc) is 2.78. The van der Waals surface area contributed by atoms with Gasteiger partial charge >= 0.3 is 6.03 Å². The topological polar surface area (TPSA) is 75.7 Å². The van der Waals surface area contributed by atoms with Crippen molar-refractivity contribution in [3.63, 3.8) is 0 Å². The molecule has 1 aliphatic heterocycles. The van der Waals surface area contributed by atoms with Crippen molar-refractivity contribution in [1.82, 2.24) is 5.32 Å². The molecule has 1 saturated heterocycles. The van der Waals surface area contributed by atoms with Crippen LogP contribution in [0.1, 0.15) is 11.1 Å². The predicted octanol–water partition coefficient (Wildman–Crippen LogP) is 6.14. The highest BCUT2D eigenvalue weighted by atomic mass is 79.9. The molecule has 0 aliphatic carbocycles. The van der Waals surface area contributed by atoms with Crippen LogP contribution >= 0.6 is 39.1 Å². The van der Waals surface area contributed by atoms with E-state index in [9.17, 15) is 18.8 Å². The van der Waals surface area contributed by atoms with Gasteiger partial charge in [-0.3, -0.25) is 14.9 Å². The first-order valence-corrected chi connectivity index (χ1v) is 11.3. The van der Waals surface area contributed by atoms with Crippen molar-refractivity contribution in [2.75, 3.05) is 4.90 Å². The normalized spacial score (nSPS) is 15.0. The molecule has 4 rings (SSSR count). The molecule has 0 saturated carbocycles. The zero-order chi connectivity index (χ0) is 24.4. The third-order valence-electron chi connectivity index (χ3n) is 4.85. The fourth-order valence-corrected chi connectivity index (χ4v) is 4.07. The maximum Gasteiger partial charge on any atom is 0.335 e. The van der Waals surface area contributed by atoms with Gasteiger partial charge in [-0.2, -0.15) is 0 Å². The van der Waals surface area contributed by atoms with E-state index in [4.69, 9.17) is 27.9 Å². The molecule has 1 N–H and O–H groups in total. The molecule has 0 aromatic heterocycles. The van der Waals surface area contributed by atoms with E-state index in [1.54, 1.807) is 42.5 Å². The number of carbonyl (C=O) groups is 3. The second kappa shape index (κ2) is 9.97. The van der Waals surface area contributed by atoms with E-state index in [1.165, 1.54) is 24.3 Å². The Labute approximate surface area is 212 Å². The molecule has 4 amide bonds. The molecule has 1 aliphatic rings. The fraction of sp³-hybridized carbons (Fsp3) is 0.0417. The summed E-state index contributed by atoms with van der Waals surface area (Å²) in [7, 11) is 0. The summed E-state index contributed by atoms with van der Waals surface area (Å²) in [6.07, 6.45) is 1.23. The Hall–Kier alpha value is -3.20. The maximum atomic E-state index is 14.0. The van der Waals surface area contributed by atoms with Crippen LogP contribution in [0.5, 0.6) is 5.75 Å². The molecule has 10 heteroatoms. The summed E-state index contributed by atoms with van der Waals surface area (Å²) in [5, 5.41) is 2.47. The number of barbiturate groups is 1. The van der Waals surface area contributed by atoms with Gasteiger partial charge < -0.3 is 4.74 Å². The molecular formula is C24H14BrCl2FN2O4. The minimum Gasteiger partial charge on any atom is -0.487 e. The summed E-state index contributed by atoms with van der Waals surface area (Å²) in [6.45, 7) is -0.159. The van der Waals surface area contributed by atoms with Gasteiger partial charge in [-0.05, 0) is 48.5 Å². The Bertz CT molecular complexity index is 1350. The Morgan fingerprint density at radius 2 is 1.74 bits per heavy atom. The van der Waals surface area contributed by atoms with Crippen LogP contribution in [-0.4, -0.2) is 17.8 Å². The van der Waals surface area contributed by atoms with E-state index in [0.29, 0.717) is 0 Å². The first-order chi connectivity index (χ1) is 16.2. The molecule has 34 heavy (non-hydrogen) atoms. The number of ether oxygens (including phenoxy) is 1. The third-order valence-corrected chi connectivity index (χ3v) is 5.88. The standard InChI is InChI=1S/C24H14BrCl2FN2O4/c25-15-5-7-17(8-6-15)30-23(32)18(22(31)29-24(30)33)10-14-9-16(26)11-19(27)21(14)34-12-13-3-1-2-4-20(13)28/h1-11H,12H2,(H,29,31,33)/b18-10+. The second-order valence-electron chi connectivity index (χ2n) is 7.12. The van der Waals surface area contributed by atoms with Crippen molar-refractivity contribution >= 4 is 68.7 Å². The van der Waals surface area contributed by atoms with Gasteiger partial charge in [-0.25, -0.2) is 14.1 Å². The molecule has 172 valence electrons. The molecule has 0 radical (unpaired) electrons. The van der Waals surface area contributed by atoms with Gasteiger partial charge in [-0.1, -0.05) is 57.3 Å². The van der Waals surface area contributed by atoms with Crippen LogP contribution in [0.2, 0.25) is 10.0 Å². The van der Waals surface area contributed by atoms with Crippen molar-refractivity contribution in [3.05, 3.63) is 97.7 Å². The van der Waals surface area contributed by atoms with E-state index in [1.807, 2.05) is 0 Å². The van der Waals surface area contributed by atoms with Gasteiger partial charge in [0, 0.05) is 20.6 Å². The van der Waals surface area contributed by atoms with Crippen molar-refractivity contribution in [1.29, 1.82) is 0 Å². The van der Waals surface area contributed by atoms with Crippen molar-refractivity contribution in [3.8, 4) is 5.75 Å². The van der Waals surface area contributed by atoms with Crippen LogP contribution in [0.15, 0.2) is 70.7 Å². The summed E-state index contributed by atoms with van der Waals surface area (Å²) >= 11 is 15.7. The van der Waals surface area contributed by atoms with E-state index in [-0.39, 0.29) is 44.8 Å². The highest BCUT2D eigenvalue weighted by Gasteiger charge is 2.37. The number of anilines is 1. The number of amides is 4. The minimum atomic E-state index is -0.889. The van der Waals surface area contributed by atoms with E-state index < -0.39 is 23.7 Å². The largest absolute Gasteiger partial charge is 0.487 e. The number of halogens is 4. The molecule has 0 spiro atoms. The summed E-state index contributed by atoms with van der Waals surface area (Å²) in [5.74, 6) is -2.10. The fourth-order valence-electron chi connectivity index (χ4n) is 3.24. The predicted molar refractivity (Wildman–Crippen MR) is 130 cm³/mol. The van der Waals surface area contributed by atoms with Crippen LogP contribution in [-0.2, 0) is 16.2 Å². The van der Waals surface area contributed by atoms with Gasteiger partial charge in [-0.15, -0.1) is 0 Å². The molecule has 0 unspecified atom stereocenters. The summed E-state index contributed by atoms with van der Waals surface area (Å²) in [5.41, 5.74) is 0.420. The van der Waals surface area contributed by atoms with Crippen LogP contribution in [0, 0.1) is 5.82 Å². The summed E-state index contributed by atoms with van der Waals surface area (Å²) < 4.78 is 20.5. The smallest absolute Gasteiger partial charge is 0.335 e. The number of carbonyl (C=O) groups excluding carboxylic acids is 3. The zero-order valence-corrected chi connectivity index (χ0v) is 20.2. The number of hydrogen-bond donors (Lipinski definition) is 1. The van der Waals surface area contributed by atoms with Gasteiger partial charge in [0.1, 0.15) is 23.7 Å². The number of nitrogens with one attached hydrogen (secondary N) is 1. The molecular weight excluding hydrogens is 550 g/mol. The number of imide groups is 2. The molecule has 0 bridgehead atoms. The lowest BCUT2D eigenvalue weighted by Crippen LogP contribution is -2.54. The first kappa shape index (κ1) is 23.9. The summed E-state index contributed by atoms with van der Waals surface area (Å²) in [4.78, 5) is 38.9. The molecule has 1 heterocycles. The van der Waals surface area contributed by atoms with Gasteiger partial charge in [0.25, 0.3) is 11.8 Å². The monoisotopic (exact) mass is 562 g/mol. The molecule has 3 aromatic rings. The van der Waals surface area contributed by atoms with Crippen LogP contribution in [0.25, 0.3) is 6.08 Å². The Morgan fingerprint density at radius 1 is 1.03 bits per heavy atom. The number of urea groups is 1. The van der Waals surface area contributed by atoms with Crippen LogP contribution < -0.4 is 15.0 Å². The van der Waals surface area contributed by atoms with Crippen molar-refractivity contribution in [2.24, 2.45) is 0 Å². The lowest BCUT2D eigenvalue weighted by molar-refractivity contribution is -0.122. The maximum absolute atomic E-state index is 14.0. The minimum absolute atomic E-state index is 0.0921. The number of benzene rings is 3. The highest BCUT2D eigenvalue weighted by Crippen LogP contribution is 2.35. The van der Waals surface area contributed by atoms with Gasteiger partial charge in [0.15, 0.2) is 0 Å². The van der Waals surface area contributed by atoms with Crippen LogP contribution in [0.3, 0.4) is 0 Å². The van der Waals surface area contributed by atoms with Crippen LogP contribution in [0.4, 0.5) is 14.9 Å². The molecule has 0 atom stereocenters. The van der Waals surface area contributed by atoms with Crippen molar-refractivity contribution in [2.45, 2.75) is 6.61 Å². The van der Waals surface area contributed by atoms with Gasteiger partial charge in [0.2, 0.25) is 0 Å². The molecule has 3 aromatic carbocycles. The Morgan fingerprint density at radius 3 is 2.44 bits per heavy atom. The third kappa shape index (κ3) is 4.99. The van der Waals surface area contributed by atoms with E-state index in [2.05, 4.69) is 21.2 Å². The lowest BCUT2D eigenvalue weighted by Gasteiger charge is -2.26. The quantitative estimate of drug-likeness (QED) is 0.299. The van der Waals surface area contributed by atoms with Crippen molar-refractivity contribution < 1.29 is 23.5 Å².